The first-order chi connectivity index (χ1) is 12.3. The summed E-state index contributed by atoms with van der Waals surface area (Å²) in [6, 6.07) is 5.85. The lowest BCUT2D eigenvalue weighted by atomic mass is 10.1. The normalized spacial score (nSPS) is 15.2. The Balaban J connectivity index is 2.27. The molecule has 138 valence electrons. The molecule has 0 spiro atoms. The summed E-state index contributed by atoms with van der Waals surface area (Å²) in [6.45, 7) is -1.08. The van der Waals surface area contributed by atoms with Crippen LogP contribution in [0.1, 0.15) is 0 Å². The van der Waals surface area contributed by atoms with Crippen molar-refractivity contribution in [1.82, 2.24) is 9.97 Å². The fourth-order valence-corrected chi connectivity index (χ4v) is 2.84. The van der Waals surface area contributed by atoms with Gasteiger partial charge in [0.2, 0.25) is 0 Å². The summed E-state index contributed by atoms with van der Waals surface area (Å²) in [5, 5.41) is 49.0. The van der Waals surface area contributed by atoms with Crippen molar-refractivity contribution in [1.29, 1.82) is 0 Å². The highest BCUT2D eigenvalue weighted by atomic mass is 16.4. The second-order valence-electron chi connectivity index (χ2n) is 5.98. The summed E-state index contributed by atoms with van der Waals surface area (Å²) in [6.07, 6.45) is -4.76. The van der Waals surface area contributed by atoms with Crippen molar-refractivity contribution in [2.75, 3.05) is 6.61 Å². The zero-order valence-corrected chi connectivity index (χ0v) is 13.5. The number of nitrogens with zero attached hydrogens (tertiary/aromatic N) is 1. The number of pyridine rings is 1. The van der Waals surface area contributed by atoms with Gasteiger partial charge in [0.25, 0.3) is 11.2 Å². The van der Waals surface area contributed by atoms with E-state index >= 15 is 0 Å². The number of H-pyrrole nitrogens is 2. The monoisotopic (exact) mass is 364 g/mol. The zero-order valence-electron chi connectivity index (χ0n) is 13.5. The van der Waals surface area contributed by atoms with Crippen molar-refractivity contribution in [3.63, 3.8) is 0 Å². The van der Waals surface area contributed by atoms with E-state index in [1.165, 1.54) is 22.8 Å². The number of aromatic hydroxyl groups is 1. The van der Waals surface area contributed by atoms with Gasteiger partial charge in [0.1, 0.15) is 41.5 Å². The molecule has 0 aliphatic heterocycles. The Morgan fingerprint density at radius 2 is 1.77 bits per heavy atom. The van der Waals surface area contributed by atoms with Crippen LogP contribution in [0.15, 0.2) is 33.9 Å². The van der Waals surface area contributed by atoms with Crippen LogP contribution in [0.3, 0.4) is 0 Å². The number of aromatic nitrogens is 3. The molecule has 0 fully saturated rings. The minimum atomic E-state index is -1.66. The van der Waals surface area contributed by atoms with Crippen LogP contribution < -0.4 is 15.8 Å². The van der Waals surface area contributed by atoms with E-state index in [2.05, 4.69) is 9.97 Å². The van der Waals surface area contributed by atoms with E-state index in [4.69, 9.17) is 5.11 Å². The molecule has 0 saturated carbocycles. The summed E-state index contributed by atoms with van der Waals surface area (Å²) < 4.78 is 1.35. The van der Waals surface area contributed by atoms with Crippen LogP contribution in [-0.2, 0) is 6.54 Å². The molecular formula is C16H18N3O7+. The van der Waals surface area contributed by atoms with Gasteiger partial charge in [-0.3, -0.25) is 9.78 Å². The molecule has 1 aromatic carbocycles. The Morgan fingerprint density at radius 3 is 2.46 bits per heavy atom. The van der Waals surface area contributed by atoms with Crippen molar-refractivity contribution >= 4 is 21.9 Å². The second-order valence-corrected chi connectivity index (χ2v) is 5.98. The number of aromatic amines is 2. The summed E-state index contributed by atoms with van der Waals surface area (Å²) in [7, 11) is 0. The van der Waals surface area contributed by atoms with Gasteiger partial charge in [-0.2, -0.15) is 4.98 Å². The number of phenols is 1. The van der Waals surface area contributed by atoms with E-state index in [1.807, 2.05) is 0 Å². The van der Waals surface area contributed by atoms with Crippen molar-refractivity contribution in [2.45, 2.75) is 24.9 Å². The third-order valence-electron chi connectivity index (χ3n) is 4.18. The van der Waals surface area contributed by atoms with Gasteiger partial charge in [-0.05, 0) is 18.2 Å². The SMILES string of the molecule is O=c1[nH]c(=O)c2cc3ccc(O)cc3[n+](C[C@H](O)[C@H](O)[C@H](O)CO)c2[nH]1. The van der Waals surface area contributed by atoms with E-state index in [0.29, 0.717) is 10.9 Å². The number of hydrogen-bond donors (Lipinski definition) is 7. The number of phenolic OH excluding ortho intramolecular Hbond substituents is 1. The van der Waals surface area contributed by atoms with Gasteiger partial charge < -0.3 is 25.5 Å². The number of aliphatic hydroxyl groups excluding tert-OH is 4. The molecule has 0 aliphatic rings. The lowest BCUT2D eigenvalue weighted by Crippen LogP contribution is -2.50. The Morgan fingerprint density at radius 1 is 1.04 bits per heavy atom. The maximum atomic E-state index is 12.1. The Kier molecular flexibility index (Phi) is 4.74. The van der Waals surface area contributed by atoms with Crippen molar-refractivity contribution in [3.8, 4) is 5.75 Å². The lowest BCUT2D eigenvalue weighted by Gasteiger charge is -2.21. The molecule has 0 saturated heterocycles. The van der Waals surface area contributed by atoms with Gasteiger partial charge in [-0.1, -0.05) is 0 Å². The van der Waals surface area contributed by atoms with E-state index < -0.39 is 36.2 Å². The van der Waals surface area contributed by atoms with Crippen LogP contribution in [0.5, 0.6) is 5.75 Å². The molecule has 3 atom stereocenters. The zero-order chi connectivity index (χ0) is 19.0. The van der Waals surface area contributed by atoms with Gasteiger partial charge >= 0.3 is 5.69 Å². The van der Waals surface area contributed by atoms with Crippen molar-refractivity contribution in [2.24, 2.45) is 0 Å². The highest BCUT2D eigenvalue weighted by Gasteiger charge is 2.28. The molecule has 10 nitrogen and oxygen atoms in total. The standard InChI is InChI=1S/C16H17N3O7/c20-6-12(23)13(24)11(22)5-19-10-4-8(21)2-1-7(10)3-9-14(19)17-16(26)18-15(9)25/h1-4,11-13,20,22-24H,5-6H2,(H2,17,18,21,25,26)/p+1/t11-,12+,13-/m0/s1. The van der Waals surface area contributed by atoms with E-state index in [0.717, 1.165) is 0 Å². The quantitative estimate of drug-likeness (QED) is 0.193. The third-order valence-corrected chi connectivity index (χ3v) is 4.18. The summed E-state index contributed by atoms with van der Waals surface area (Å²) >= 11 is 0. The number of benzene rings is 1. The Hall–Kier alpha value is -2.79. The molecule has 3 aromatic rings. The van der Waals surface area contributed by atoms with Crippen LogP contribution >= 0.6 is 0 Å². The number of aliphatic hydroxyl groups is 4. The molecule has 0 aliphatic carbocycles. The topological polar surface area (TPSA) is 171 Å². The van der Waals surface area contributed by atoms with Crippen LogP contribution in [0.4, 0.5) is 0 Å². The molecule has 0 radical (unpaired) electrons. The molecule has 0 bridgehead atoms. The molecule has 0 amide bonds. The first kappa shape index (κ1) is 18.0. The second kappa shape index (κ2) is 6.84. The average molecular weight is 364 g/mol. The Bertz CT molecular complexity index is 1080. The van der Waals surface area contributed by atoms with Crippen LogP contribution in [0.25, 0.3) is 21.9 Å². The summed E-state index contributed by atoms with van der Waals surface area (Å²) in [5.41, 5.74) is -0.954. The number of fused-ring (bicyclic) bond motifs is 2. The number of nitrogens with one attached hydrogen (secondary N) is 2. The van der Waals surface area contributed by atoms with E-state index in [9.17, 15) is 30.0 Å². The Labute approximate surface area is 145 Å². The first-order valence-electron chi connectivity index (χ1n) is 7.78. The number of rotatable bonds is 5. The number of hydrogen-bond acceptors (Lipinski definition) is 7. The fourth-order valence-electron chi connectivity index (χ4n) is 2.84. The third kappa shape index (κ3) is 3.18. The molecule has 7 N–H and O–H groups in total. The summed E-state index contributed by atoms with van der Waals surface area (Å²) in [5.74, 6) is -0.0804. The van der Waals surface area contributed by atoms with Crippen molar-refractivity contribution in [3.05, 3.63) is 45.1 Å². The maximum Gasteiger partial charge on any atom is 0.413 e. The minimum Gasteiger partial charge on any atom is -0.508 e. The van der Waals surface area contributed by atoms with Gasteiger partial charge in [0.15, 0.2) is 0 Å². The average Bonchev–Trinajstić information content (AvgIpc) is 2.61. The first-order valence-corrected chi connectivity index (χ1v) is 7.78. The molecule has 2 aromatic heterocycles. The highest BCUT2D eigenvalue weighted by molar-refractivity contribution is 5.87. The van der Waals surface area contributed by atoms with Gasteiger partial charge in [-0.25, -0.2) is 9.36 Å². The maximum absolute atomic E-state index is 12.1. The van der Waals surface area contributed by atoms with Crippen LogP contribution in [-0.4, -0.2) is 60.4 Å². The predicted octanol–water partition coefficient (Wildman–Crippen LogP) is -2.56. The largest absolute Gasteiger partial charge is 0.508 e. The summed E-state index contributed by atoms with van der Waals surface area (Å²) in [4.78, 5) is 28.4. The van der Waals surface area contributed by atoms with E-state index in [-0.39, 0.29) is 23.3 Å². The van der Waals surface area contributed by atoms with Gasteiger partial charge in [0, 0.05) is 11.5 Å². The molecule has 26 heavy (non-hydrogen) atoms. The fraction of sp³-hybridized carbons (Fsp3) is 0.312. The van der Waals surface area contributed by atoms with E-state index in [1.54, 1.807) is 6.07 Å². The van der Waals surface area contributed by atoms with Gasteiger partial charge in [-0.15, -0.1) is 0 Å². The van der Waals surface area contributed by atoms with Gasteiger partial charge in [0.05, 0.1) is 6.61 Å². The highest BCUT2D eigenvalue weighted by Crippen LogP contribution is 2.19. The molecule has 10 heteroatoms. The van der Waals surface area contributed by atoms with Crippen LogP contribution in [0.2, 0.25) is 0 Å². The molecule has 0 unspecified atom stereocenters. The van der Waals surface area contributed by atoms with Crippen molar-refractivity contribution < 1.29 is 30.1 Å². The predicted molar refractivity (Wildman–Crippen MR) is 89.7 cm³/mol. The lowest BCUT2D eigenvalue weighted by molar-refractivity contribution is -0.656. The molecule has 2 heterocycles. The smallest absolute Gasteiger partial charge is 0.413 e. The minimum absolute atomic E-state index is 0.0709. The van der Waals surface area contributed by atoms with Crippen LogP contribution in [0, 0.1) is 0 Å². The molecule has 3 rings (SSSR count). The molecular weight excluding hydrogens is 346 g/mol.